The first-order valence-electron chi connectivity index (χ1n) is 4.71. The Labute approximate surface area is 90.2 Å². The van der Waals surface area contributed by atoms with E-state index in [0.717, 1.165) is 11.3 Å². The van der Waals surface area contributed by atoms with E-state index in [2.05, 4.69) is 5.32 Å². The van der Waals surface area contributed by atoms with Gasteiger partial charge in [-0.25, -0.2) is 0 Å². The summed E-state index contributed by atoms with van der Waals surface area (Å²) in [4.78, 5) is 0. The molecular weight excluding hydrogens is 198 g/mol. The number of benzene rings is 1. The second-order valence-corrected chi connectivity index (χ2v) is 3.82. The zero-order valence-electron chi connectivity index (χ0n) is 8.75. The molecule has 0 bridgehead atoms. The van der Waals surface area contributed by atoms with E-state index in [1.807, 2.05) is 45.2 Å². The number of alkyl halides is 1. The fourth-order valence-corrected chi connectivity index (χ4v) is 1.30. The summed E-state index contributed by atoms with van der Waals surface area (Å²) in [7, 11) is 1.83. The maximum absolute atomic E-state index is 6.00. The summed E-state index contributed by atoms with van der Waals surface area (Å²) < 4.78 is 5.52. The van der Waals surface area contributed by atoms with E-state index in [9.17, 15) is 0 Å². The molecular formula is C11H16ClNO. The van der Waals surface area contributed by atoms with Crippen molar-refractivity contribution in [2.45, 2.75) is 25.5 Å². The average molecular weight is 214 g/mol. The second kappa shape index (κ2) is 5.23. The molecule has 1 N–H and O–H groups in total. The standard InChI is InChI=1S/C11H16ClNO/c1-8(2)14-10-6-4-9(5-7-10)11(12)13-3/h4-8,11,13H,1-3H3. The van der Waals surface area contributed by atoms with E-state index in [0.29, 0.717) is 0 Å². The average Bonchev–Trinajstić information content (AvgIpc) is 2.17. The second-order valence-electron chi connectivity index (χ2n) is 3.39. The zero-order chi connectivity index (χ0) is 10.6. The summed E-state index contributed by atoms with van der Waals surface area (Å²) in [5.74, 6) is 0.878. The summed E-state index contributed by atoms with van der Waals surface area (Å²) in [6, 6.07) is 7.79. The molecule has 1 rings (SSSR count). The van der Waals surface area contributed by atoms with Crippen molar-refractivity contribution in [2.75, 3.05) is 7.05 Å². The minimum atomic E-state index is -0.136. The lowest BCUT2D eigenvalue weighted by atomic mass is 10.2. The highest BCUT2D eigenvalue weighted by molar-refractivity contribution is 6.20. The third-order valence-corrected chi connectivity index (χ3v) is 2.27. The molecule has 2 nitrogen and oxygen atoms in total. The first-order chi connectivity index (χ1) is 6.63. The molecule has 3 heteroatoms. The van der Waals surface area contributed by atoms with Crippen LogP contribution < -0.4 is 10.1 Å². The minimum absolute atomic E-state index is 0.136. The molecule has 0 radical (unpaired) electrons. The Bertz CT molecular complexity index is 271. The van der Waals surface area contributed by atoms with E-state index in [1.165, 1.54) is 0 Å². The van der Waals surface area contributed by atoms with Gasteiger partial charge >= 0.3 is 0 Å². The Morgan fingerprint density at radius 2 is 1.79 bits per heavy atom. The molecule has 0 amide bonds. The fraction of sp³-hybridized carbons (Fsp3) is 0.455. The molecule has 1 aromatic rings. The van der Waals surface area contributed by atoms with E-state index in [1.54, 1.807) is 0 Å². The number of ether oxygens (including phenoxy) is 1. The van der Waals surface area contributed by atoms with E-state index < -0.39 is 0 Å². The highest BCUT2D eigenvalue weighted by atomic mass is 35.5. The Morgan fingerprint density at radius 1 is 1.21 bits per heavy atom. The van der Waals surface area contributed by atoms with Gasteiger partial charge in [0.2, 0.25) is 0 Å². The van der Waals surface area contributed by atoms with Crippen LogP contribution in [0.4, 0.5) is 0 Å². The lowest BCUT2D eigenvalue weighted by molar-refractivity contribution is 0.242. The number of halogens is 1. The molecule has 0 spiro atoms. The summed E-state index contributed by atoms with van der Waals surface area (Å²) in [5.41, 5.74) is 0.911. The van der Waals surface area contributed by atoms with Gasteiger partial charge < -0.3 is 10.1 Å². The molecule has 1 aromatic carbocycles. The van der Waals surface area contributed by atoms with Crippen LogP contribution in [0.25, 0.3) is 0 Å². The van der Waals surface area contributed by atoms with Gasteiger partial charge in [-0.3, -0.25) is 0 Å². The molecule has 1 unspecified atom stereocenters. The third-order valence-electron chi connectivity index (χ3n) is 1.80. The van der Waals surface area contributed by atoms with Crippen LogP contribution in [0.2, 0.25) is 0 Å². The van der Waals surface area contributed by atoms with Crippen molar-refractivity contribution in [1.82, 2.24) is 5.32 Å². The Hall–Kier alpha value is -0.730. The van der Waals surface area contributed by atoms with Crippen LogP contribution in [0.1, 0.15) is 24.9 Å². The fourth-order valence-electron chi connectivity index (χ4n) is 1.15. The first kappa shape index (κ1) is 11.3. The highest BCUT2D eigenvalue weighted by Crippen LogP contribution is 2.20. The van der Waals surface area contributed by atoms with E-state index in [-0.39, 0.29) is 11.6 Å². The zero-order valence-corrected chi connectivity index (χ0v) is 9.51. The normalized spacial score (nSPS) is 12.9. The van der Waals surface area contributed by atoms with Crippen molar-refractivity contribution in [1.29, 1.82) is 0 Å². The van der Waals surface area contributed by atoms with Crippen LogP contribution in [-0.2, 0) is 0 Å². The van der Waals surface area contributed by atoms with Gasteiger partial charge in [-0.1, -0.05) is 12.1 Å². The monoisotopic (exact) mass is 213 g/mol. The van der Waals surface area contributed by atoms with Crippen molar-refractivity contribution < 1.29 is 4.74 Å². The topological polar surface area (TPSA) is 21.3 Å². The summed E-state index contributed by atoms with van der Waals surface area (Å²) in [6.45, 7) is 4.01. The van der Waals surface area contributed by atoms with Gasteiger partial charge in [0, 0.05) is 0 Å². The molecule has 0 saturated carbocycles. The van der Waals surface area contributed by atoms with Crippen LogP contribution in [0, 0.1) is 0 Å². The molecule has 1 atom stereocenters. The predicted molar refractivity (Wildman–Crippen MR) is 59.9 cm³/mol. The van der Waals surface area contributed by atoms with Crippen LogP contribution in [0.15, 0.2) is 24.3 Å². The quantitative estimate of drug-likeness (QED) is 0.614. The van der Waals surface area contributed by atoms with Crippen molar-refractivity contribution in [2.24, 2.45) is 0 Å². The first-order valence-corrected chi connectivity index (χ1v) is 5.15. The maximum Gasteiger partial charge on any atom is 0.119 e. The summed E-state index contributed by atoms with van der Waals surface area (Å²) in [5, 5.41) is 2.97. The number of nitrogens with one attached hydrogen (secondary N) is 1. The van der Waals surface area contributed by atoms with Crippen molar-refractivity contribution >= 4 is 11.6 Å². The third kappa shape index (κ3) is 3.20. The van der Waals surface area contributed by atoms with E-state index in [4.69, 9.17) is 16.3 Å². The molecule has 0 fully saturated rings. The lowest BCUT2D eigenvalue weighted by Gasteiger charge is -2.12. The van der Waals surface area contributed by atoms with Gasteiger partial charge in [-0.15, -0.1) is 11.6 Å². The molecule has 0 heterocycles. The van der Waals surface area contributed by atoms with Gasteiger partial charge in [0.25, 0.3) is 0 Å². The number of hydrogen-bond donors (Lipinski definition) is 1. The van der Waals surface area contributed by atoms with Crippen molar-refractivity contribution in [3.05, 3.63) is 29.8 Å². The molecule has 0 aliphatic carbocycles. The van der Waals surface area contributed by atoms with Crippen molar-refractivity contribution in [3.8, 4) is 5.75 Å². The predicted octanol–water partition coefficient (Wildman–Crippen LogP) is 2.93. The number of hydrogen-bond acceptors (Lipinski definition) is 2. The van der Waals surface area contributed by atoms with Crippen molar-refractivity contribution in [3.63, 3.8) is 0 Å². The molecule has 14 heavy (non-hydrogen) atoms. The van der Waals surface area contributed by atoms with Crippen LogP contribution in [0.5, 0.6) is 5.75 Å². The lowest BCUT2D eigenvalue weighted by Crippen LogP contribution is -2.10. The van der Waals surface area contributed by atoms with Crippen LogP contribution in [0.3, 0.4) is 0 Å². The van der Waals surface area contributed by atoms with Gasteiger partial charge in [0.05, 0.1) is 6.10 Å². The summed E-state index contributed by atoms with van der Waals surface area (Å²) in [6.07, 6.45) is 0.206. The van der Waals surface area contributed by atoms with Crippen LogP contribution in [-0.4, -0.2) is 13.2 Å². The minimum Gasteiger partial charge on any atom is -0.491 e. The Kier molecular flexibility index (Phi) is 4.23. The van der Waals surface area contributed by atoms with E-state index >= 15 is 0 Å². The Morgan fingerprint density at radius 3 is 2.21 bits per heavy atom. The Balaban J connectivity index is 2.68. The molecule has 0 saturated heterocycles. The van der Waals surface area contributed by atoms with Gasteiger partial charge in [0.15, 0.2) is 0 Å². The molecule has 0 aliphatic rings. The number of rotatable bonds is 4. The SMILES string of the molecule is CNC(Cl)c1ccc(OC(C)C)cc1. The van der Waals surface area contributed by atoms with Gasteiger partial charge in [-0.05, 0) is 38.6 Å². The molecule has 78 valence electrons. The molecule has 0 aliphatic heterocycles. The largest absolute Gasteiger partial charge is 0.491 e. The van der Waals surface area contributed by atoms with Gasteiger partial charge in [-0.2, -0.15) is 0 Å². The maximum atomic E-state index is 6.00. The smallest absolute Gasteiger partial charge is 0.119 e. The van der Waals surface area contributed by atoms with Crippen LogP contribution >= 0.6 is 11.6 Å². The molecule has 0 aromatic heterocycles. The highest BCUT2D eigenvalue weighted by Gasteiger charge is 2.04. The summed E-state index contributed by atoms with van der Waals surface area (Å²) >= 11 is 6.00. The van der Waals surface area contributed by atoms with Gasteiger partial charge in [0.1, 0.15) is 11.3 Å².